The molecule has 3 N–H and O–H groups in total. The van der Waals surface area contributed by atoms with Gasteiger partial charge in [0.1, 0.15) is 6.04 Å². The van der Waals surface area contributed by atoms with Crippen LogP contribution in [0.3, 0.4) is 0 Å². The number of piperidine rings is 1. The number of amides is 3. The van der Waals surface area contributed by atoms with E-state index in [1.807, 2.05) is 12.1 Å². The standard InChI is InChI=1S/C24H30N4O3/c29-22-6-5-21(23(30)27-22)28-12-15-2-1-13(7-17(15)24(28)31)9-26-20-8-14-3-4-16(20)19-11-25-10-18(14)19/h1-2,7,14,16,18-21,25-26H,3-6,8-12H2,(H,27,29,30)/t14-,16-,18+,19-,20-,21?/m1/s1. The van der Waals surface area contributed by atoms with Gasteiger partial charge in [-0.2, -0.15) is 0 Å². The number of imide groups is 1. The average molecular weight is 423 g/mol. The highest BCUT2D eigenvalue weighted by Gasteiger charge is 2.49. The first-order chi connectivity index (χ1) is 15.1. The van der Waals surface area contributed by atoms with Crippen LogP contribution in [0.2, 0.25) is 0 Å². The number of fused-ring (bicyclic) bond motifs is 3. The maximum absolute atomic E-state index is 13.0. The van der Waals surface area contributed by atoms with Crippen LogP contribution in [0.25, 0.3) is 0 Å². The second kappa shape index (κ2) is 7.41. The van der Waals surface area contributed by atoms with Gasteiger partial charge in [-0.25, -0.2) is 0 Å². The molecule has 7 rings (SSSR count). The van der Waals surface area contributed by atoms with Crippen molar-refractivity contribution in [2.45, 2.75) is 57.3 Å². The Morgan fingerprint density at radius 3 is 2.77 bits per heavy atom. The maximum Gasteiger partial charge on any atom is 0.255 e. The van der Waals surface area contributed by atoms with E-state index in [4.69, 9.17) is 0 Å². The largest absolute Gasteiger partial charge is 0.322 e. The Kier molecular flexibility index (Phi) is 4.65. The van der Waals surface area contributed by atoms with Gasteiger partial charge in [-0.3, -0.25) is 19.7 Å². The number of carbonyl (C=O) groups is 3. The number of carbonyl (C=O) groups excluding carboxylic acids is 3. The van der Waals surface area contributed by atoms with E-state index >= 15 is 0 Å². The Labute approximate surface area is 182 Å². The molecular weight excluding hydrogens is 392 g/mol. The molecule has 164 valence electrons. The summed E-state index contributed by atoms with van der Waals surface area (Å²) in [6.07, 6.45) is 4.69. The molecule has 3 amide bonds. The van der Waals surface area contributed by atoms with Gasteiger partial charge < -0.3 is 15.5 Å². The van der Waals surface area contributed by atoms with Gasteiger partial charge in [0.05, 0.1) is 0 Å². The van der Waals surface area contributed by atoms with Crippen molar-refractivity contribution in [2.75, 3.05) is 13.1 Å². The minimum Gasteiger partial charge on any atom is -0.322 e. The van der Waals surface area contributed by atoms with Crippen LogP contribution in [0.5, 0.6) is 0 Å². The van der Waals surface area contributed by atoms with Gasteiger partial charge >= 0.3 is 0 Å². The van der Waals surface area contributed by atoms with Crippen molar-refractivity contribution in [3.63, 3.8) is 0 Å². The molecule has 3 saturated carbocycles. The second-order valence-corrected chi connectivity index (χ2v) is 10.1. The lowest BCUT2D eigenvalue weighted by atomic mass is 9.58. The van der Waals surface area contributed by atoms with Gasteiger partial charge in [0.15, 0.2) is 0 Å². The highest BCUT2D eigenvalue weighted by molar-refractivity contribution is 6.05. The molecule has 6 aliphatic rings. The summed E-state index contributed by atoms with van der Waals surface area (Å²) in [4.78, 5) is 38.3. The van der Waals surface area contributed by atoms with Gasteiger partial charge in [0.25, 0.3) is 5.91 Å². The average Bonchev–Trinajstić information content (AvgIpc) is 3.39. The van der Waals surface area contributed by atoms with Gasteiger partial charge in [-0.1, -0.05) is 12.1 Å². The first kappa shape index (κ1) is 19.4. The van der Waals surface area contributed by atoms with E-state index < -0.39 is 6.04 Å². The molecule has 31 heavy (non-hydrogen) atoms. The molecule has 5 fully saturated rings. The lowest BCUT2D eigenvalue weighted by Gasteiger charge is -2.50. The zero-order chi connectivity index (χ0) is 21.1. The number of benzene rings is 1. The fraction of sp³-hybridized carbons (Fsp3) is 0.625. The molecule has 3 heterocycles. The van der Waals surface area contributed by atoms with E-state index in [0.29, 0.717) is 24.6 Å². The summed E-state index contributed by atoms with van der Waals surface area (Å²) in [7, 11) is 0. The van der Waals surface area contributed by atoms with Crippen LogP contribution < -0.4 is 16.0 Å². The fourth-order valence-electron chi connectivity index (χ4n) is 7.03. The van der Waals surface area contributed by atoms with Crippen LogP contribution in [0.1, 0.15) is 53.6 Å². The highest BCUT2D eigenvalue weighted by atomic mass is 16.2. The van der Waals surface area contributed by atoms with Crippen molar-refractivity contribution in [1.29, 1.82) is 0 Å². The summed E-state index contributed by atoms with van der Waals surface area (Å²) in [6, 6.07) is 6.15. The normalized spacial score (nSPS) is 36.5. The lowest BCUT2D eigenvalue weighted by Crippen LogP contribution is -2.52. The summed E-state index contributed by atoms with van der Waals surface area (Å²) < 4.78 is 0. The molecule has 3 aliphatic carbocycles. The third kappa shape index (κ3) is 3.21. The van der Waals surface area contributed by atoms with Crippen molar-refractivity contribution in [2.24, 2.45) is 23.7 Å². The topological polar surface area (TPSA) is 90.5 Å². The van der Waals surface area contributed by atoms with Crippen LogP contribution >= 0.6 is 0 Å². The van der Waals surface area contributed by atoms with Crippen molar-refractivity contribution in [1.82, 2.24) is 20.9 Å². The van der Waals surface area contributed by atoms with Crippen LogP contribution in [-0.2, 0) is 22.7 Å². The maximum atomic E-state index is 13.0. The molecule has 3 aliphatic heterocycles. The summed E-state index contributed by atoms with van der Waals surface area (Å²) in [6.45, 7) is 3.59. The minimum atomic E-state index is -0.551. The van der Waals surface area contributed by atoms with E-state index in [1.54, 1.807) is 4.90 Å². The number of rotatable bonds is 4. The second-order valence-electron chi connectivity index (χ2n) is 10.1. The highest BCUT2D eigenvalue weighted by Crippen LogP contribution is 2.50. The Balaban J connectivity index is 1.13. The minimum absolute atomic E-state index is 0.0945. The number of hydrogen-bond donors (Lipinski definition) is 3. The van der Waals surface area contributed by atoms with E-state index in [9.17, 15) is 14.4 Å². The van der Waals surface area contributed by atoms with Crippen LogP contribution in [-0.4, -0.2) is 47.8 Å². The van der Waals surface area contributed by atoms with E-state index in [2.05, 4.69) is 22.0 Å². The van der Waals surface area contributed by atoms with Crippen molar-refractivity contribution in [3.8, 4) is 0 Å². The van der Waals surface area contributed by atoms with Gasteiger partial charge in [0, 0.05) is 31.1 Å². The molecule has 7 heteroatoms. The monoisotopic (exact) mass is 422 g/mol. The molecule has 0 spiro atoms. The van der Waals surface area contributed by atoms with Gasteiger partial charge in [0.2, 0.25) is 11.8 Å². The molecule has 0 radical (unpaired) electrons. The molecule has 2 bridgehead atoms. The van der Waals surface area contributed by atoms with Gasteiger partial charge in [-0.05, 0) is 79.6 Å². The molecule has 1 aromatic rings. The third-order valence-electron chi connectivity index (χ3n) is 8.57. The predicted octanol–water partition coefficient (Wildman–Crippen LogP) is 1.17. The summed E-state index contributed by atoms with van der Waals surface area (Å²) in [5.74, 6) is 2.63. The van der Waals surface area contributed by atoms with E-state index in [1.165, 1.54) is 32.4 Å². The first-order valence-electron chi connectivity index (χ1n) is 11.8. The van der Waals surface area contributed by atoms with Crippen LogP contribution in [0.15, 0.2) is 18.2 Å². The molecule has 1 aromatic carbocycles. The number of hydrogen-bond acceptors (Lipinski definition) is 5. The smallest absolute Gasteiger partial charge is 0.255 e. The van der Waals surface area contributed by atoms with Gasteiger partial charge in [-0.15, -0.1) is 0 Å². The molecule has 0 aromatic heterocycles. The van der Waals surface area contributed by atoms with E-state index in [0.717, 1.165) is 41.3 Å². The molecule has 2 saturated heterocycles. The molecule has 6 atom stereocenters. The zero-order valence-corrected chi connectivity index (χ0v) is 17.7. The van der Waals surface area contributed by atoms with Crippen LogP contribution in [0.4, 0.5) is 0 Å². The quantitative estimate of drug-likeness (QED) is 0.634. The lowest BCUT2D eigenvalue weighted by molar-refractivity contribution is -0.136. The zero-order valence-electron chi connectivity index (χ0n) is 17.7. The summed E-state index contributed by atoms with van der Waals surface area (Å²) in [5.41, 5.74) is 2.80. The molecular formula is C24H30N4O3. The predicted molar refractivity (Wildman–Crippen MR) is 114 cm³/mol. The molecule has 7 nitrogen and oxygen atoms in total. The third-order valence-corrected chi connectivity index (χ3v) is 8.57. The van der Waals surface area contributed by atoms with Crippen molar-refractivity contribution < 1.29 is 14.4 Å². The van der Waals surface area contributed by atoms with E-state index in [-0.39, 0.29) is 24.1 Å². The summed E-state index contributed by atoms with van der Waals surface area (Å²) in [5, 5.41) is 9.80. The van der Waals surface area contributed by atoms with Crippen molar-refractivity contribution in [3.05, 3.63) is 34.9 Å². The Hall–Kier alpha value is -2.25. The fourth-order valence-corrected chi connectivity index (χ4v) is 7.03. The number of nitrogens with zero attached hydrogens (tertiary/aromatic N) is 1. The molecule has 1 unspecified atom stereocenters. The van der Waals surface area contributed by atoms with Crippen molar-refractivity contribution >= 4 is 17.7 Å². The first-order valence-corrected chi connectivity index (χ1v) is 11.8. The number of nitrogens with one attached hydrogen (secondary N) is 3. The Morgan fingerprint density at radius 1 is 1.03 bits per heavy atom. The Morgan fingerprint density at radius 2 is 1.90 bits per heavy atom. The summed E-state index contributed by atoms with van der Waals surface area (Å²) >= 11 is 0. The van der Waals surface area contributed by atoms with Crippen LogP contribution in [0, 0.1) is 23.7 Å². The SMILES string of the molecule is O=C1CCC(N2Cc3ccc(CN[C@@H]4C[C@H]5CC[C@@H]4[C@H]4CNC[C@@H]54)cc3C2=O)C(=O)N1. The Bertz CT molecular complexity index is 947.